The minimum Gasteiger partial charge on any atom is -0.300 e. The number of hydrogen-bond acceptors (Lipinski definition) is 4. The number of carbonyl (C=O) groups excluding carboxylic acids is 2. The molecule has 2 rings (SSSR count). The molecule has 1 fully saturated rings. The third-order valence-corrected chi connectivity index (χ3v) is 4.01. The quantitative estimate of drug-likeness (QED) is 0.751. The molecular weight excluding hydrogens is 234 g/mol. The summed E-state index contributed by atoms with van der Waals surface area (Å²) in [5.41, 5.74) is 1.88. The van der Waals surface area contributed by atoms with Crippen molar-refractivity contribution < 1.29 is 9.59 Å². The highest BCUT2D eigenvalue weighted by molar-refractivity contribution is 7.99. The monoisotopic (exact) mass is 245 g/mol. The van der Waals surface area contributed by atoms with Gasteiger partial charge in [0.15, 0.2) is 0 Å². The standard InChI is InChI=1S/C13H11NO2S/c14-7-9-3-10(8-15)5-11(4-9)13-6-12(16)1-2-17-13/h3-5,8,13H,1-2,6H2. The lowest BCUT2D eigenvalue weighted by molar-refractivity contribution is -0.118. The van der Waals surface area contributed by atoms with Crippen molar-refractivity contribution in [1.82, 2.24) is 0 Å². The fourth-order valence-corrected chi connectivity index (χ4v) is 3.15. The van der Waals surface area contributed by atoms with Gasteiger partial charge in [-0.2, -0.15) is 17.0 Å². The number of ketones is 1. The van der Waals surface area contributed by atoms with Gasteiger partial charge in [0.1, 0.15) is 12.1 Å². The van der Waals surface area contributed by atoms with Crippen LogP contribution in [0.15, 0.2) is 18.2 Å². The second-order valence-corrected chi connectivity index (χ2v) is 5.28. The Morgan fingerprint density at radius 2 is 2.24 bits per heavy atom. The molecule has 1 saturated heterocycles. The van der Waals surface area contributed by atoms with E-state index in [1.165, 1.54) is 0 Å². The normalized spacial score (nSPS) is 19.7. The first-order valence-electron chi connectivity index (χ1n) is 5.36. The fraction of sp³-hybridized carbons (Fsp3) is 0.308. The predicted molar refractivity (Wildman–Crippen MR) is 66.0 cm³/mol. The Bertz CT molecular complexity index is 505. The van der Waals surface area contributed by atoms with Gasteiger partial charge in [0.25, 0.3) is 0 Å². The molecule has 17 heavy (non-hydrogen) atoms. The van der Waals surface area contributed by atoms with Crippen LogP contribution in [-0.2, 0) is 4.79 Å². The van der Waals surface area contributed by atoms with Crippen LogP contribution in [0.5, 0.6) is 0 Å². The van der Waals surface area contributed by atoms with Gasteiger partial charge >= 0.3 is 0 Å². The molecular formula is C13H11NO2S. The van der Waals surface area contributed by atoms with E-state index in [1.54, 1.807) is 30.0 Å². The van der Waals surface area contributed by atoms with Gasteiger partial charge in [-0.3, -0.25) is 9.59 Å². The summed E-state index contributed by atoms with van der Waals surface area (Å²) in [4.78, 5) is 22.2. The van der Waals surface area contributed by atoms with Crippen molar-refractivity contribution in [3.8, 4) is 6.07 Å². The van der Waals surface area contributed by atoms with Gasteiger partial charge in [0.05, 0.1) is 11.6 Å². The van der Waals surface area contributed by atoms with E-state index in [2.05, 4.69) is 0 Å². The molecule has 0 N–H and O–H groups in total. The molecule has 0 amide bonds. The Labute approximate surface area is 104 Å². The lowest BCUT2D eigenvalue weighted by Gasteiger charge is -2.21. The van der Waals surface area contributed by atoms with Crippen LogP contribution in [0, 0.1) is 11.3 Å². The van der Waals surface area contributed by atoms with Gasteiger partial charge in [-0.25, -0.2) is 0 Å². The molecule has 3 nitrogen and oxygen atoms in total. The zero-order valence-electron chi connectivity index (χ0n) is 9.18. The van der Waals surface area contributed by atoms with E-state index < -0.39 is 0 Å². The van der Waals surface area contributed by atoms with Crippen LogP contribution in [0.2, 0.25) is 0 Å². The first-order chi connectivity index (χ1) is 8.22. The number of benzene rings is 1. The van der Waals surface area contributed by atoms with Crippen LogP contribution in [0.3, 0.4) is 0 Å². The molecule has 1 atom stereocenters. The zero-order chi connectivity index (χ0) is 12.3. The van der Waals surface area contributed by atoms with Crippen molar-refractivity contribution in [3.63, 3.8) is 0 Å². The topological polar surface area (TPSA) is 57.9 Å². The summed E-state index contributed by atoms with van der Waals surface area (Å²) in [5.74, 6) is 1.07. The number of Topliss-reactive ketones (excluding diaryl/α,β-unsaturated/α-hetero) is 1. The van der Waals surface area contributed by atoms with E-state index in [-0.39, 0.29) is 11.0 Å². The maximum Gasteiger partial charge on any atom is 0.150 e. The number of hydrogen-bond donors (Lipinski definition) is 0. The molecule has 1 aliphatic rings. The van der Waals surface area contributed by atoms with Crippen LogP contribution < -0.4 is 0 Å². The number of carbonyl (C=O) groups is 2. The molecule has 1 unspecified atom stereocenters. The second-order valence-electron chi connectivity index (χ2n) is 3.97. The Morgan fingerprint density at radius 3 is 2.88 bits per heavy atom. The molecule has 1 heterocycles. The van der Waals surface area contributed by atoms with Crippen molar-refractivity contribution >= 4 is 23.8 Å². The Balaban J connectivity index is 2.34. The average Bonchev–Trinajstić information content (AvgIpc) is 2.38. The van der Waals surface area contributed by atoms with Crippen molar-refractivity contribution in [2.24, 2.45) is 0 Å². The van der Waals surface area contributed by atoms with Crippen LogP contribution in [-0.4, -0.2) is 17.8 Å². The van der Waals surface area contributed by atoms with Crippen molar-refractivity contribution in [2.75, 3.05) is 5.75 Å². The number of rotatable bonds is 2. The number of nitriles is 1. The predicted octanol–water partition coefficient (Wildman–Crippen LogP) is 2.51. The van der Waals surface area contributed by atoms with Gasteiger partial charge in [-0.1, -0.05) is 0 Å². The maximum atomic E-state index is 11.4. The van der Waals surface area contributed by atoms with Crippen molar-refractivity contribution in [1.29, 1.82) is 5.26 Å². The highest BCUT2D eigenvalue weighted by Gasteiger charge is 2.22. The van der Waals surface area contributed by atoms with E-state index in [1.807, 2.05) is 6.07 Å². The molecule has 0 radical (unpaired) electrons. The van der Waals surface area contributed by atoms with Gasteiger partial charge in [0.2, 0.25) is 0 Å². The third kappa shape index (κ3) is 2.75. The van der Waals surface area contributed by atoms with Crippen LogP contribution in [0.4, 0.5) is 0 Å². The summed E-state index contributed by atoms with van der Waals surface area (Å²) in [5, 5.41) is 8.98. The lowest BCUT2D eigenvalue weighted by Crippen LogP contribution is -2.12. The number of aldehydes is 1. The van der Waals surface area contributed by atoms with E-state index in [0.717, 1.165) is 17.6 Å². The summed E-state index contributed by atoms with van der Waals surface area (Å²) in [6.45, 7) is 0. The summed E-state index contributed by atoms with van der Waals surface area (Å²) in [7, 11) is 0. The van der Waals surface area contributed by atoms with E-state index in [4.69, 9.17) is 5.26 Å². The molecule has 0 spiro atoms. The van der Waals surface area contributed by atoms with Crippen LogP contribution in [0.25, 0.3) is 0 Å². The maximum absolute atomic E-state index is 11.4. The van der Waals surface area contributed by atoms with E-state index in [9.17, 15) is 9.59 Å². The van der Waals surface area contributed by atoms with E-state index in [0.29, 0.717) is 24.0 Å². The highest BCUT2D eigenvalue weighted by Crippen LogP contribution is 2.37. The van der Waals surface area contributed by atoms with Gasteiger partial charge in [-0.15, -0.1) is 0 Å². The highest BCUT2D eigenvalue weighted by atomic mass is 32.2. The van der Waals surface area contributed by atoms with Crippen molar-refractivity contribution in [3.05, 3.63) is 34.9 Å². The van der Waals surface area contributed by atoms with Gasteiger partial charge in [-0.05, 0) is 23.8 Å². The van der Waals surface area contributed by atoms with Crippen LogP contribution >= 0.6 is 11.8 Å². The zero-order valence-corrected chi connectivity index (χ0v) is 10.00. The smallest absolute Gasteiger partial charge is 0.150 e. The summed E-state index contributed by atoms with van der Waals surface area (Å²) >= 11 is 1.71. The fourth-order valence-electron chi connectivity index (χ4n) is 1.89. The molecule has 0 aromatic heterocycles. The molecule has 4 heteroatoms. The van der Waals surface area contributed by atoms with Gasteiger partial charge < -0.3 is 0 Å². The molecule has 1 aromatic carbocycles. The lowest BCUT2D eigenvalue weighted by atomic mass is 10.0. The third-order valence-electron chi connectivity index (χ3n) is 2.73. The van der Waals surface area contributed by atoms with Crippen molar-refractivity contribution in [2.45, 2.75) is 18.1 Å². The molecule has 1 aromatic rings. The van der Waals surface area contributed by atoms with E-state index >= 15 is 0 Å². The molecule has 0 bridgehead atoms. The summed E-state index contributed by atoms with van der Waals surface area (Å²) < 4.78 is 0. The largest absolute Gasteiger partial charge is 0.300 e. The second kappa shape index (κ2) is 5.15. The SMILES string of the molecule is N#Cc1cc(C=O)cc(C2CC(=O)CCS2)c1. The first kappa shape index (κ1) is 11.9. The molecule has 0 saturated carbocycles. The Kier molecular flexibility index (Phi) is 3.60. The minimum absolute atomic E-state index is 0.0863. The molecule has 1 aliphatic heterocycles. The first-order valence-corrected chi connectivity index (χ1v) is 6.41. The average molecular weight is 245 g/mol. The minimum atomic E-state index is 0.0863. The summed E-state index contributed by atoms with van der Waals surface area (Å²) in [6.07, 6.45) is 1.86. The summed E-state index contributed by atoms with van der Waals surface area (Å²) in [6, 6.07) is 7.14. The Morgan fingerprint density at radius 1 is 1.41 bits per heavy atom. The molecule has 0 aliphatic carbocycles. The van der Waals surface area contributed by atoms with Gasteiger partial charge in [0, 0.05) is 29.4 Å². The molecule has 86 valence electrons. The number of thioether (sulfide) groups is 1. The Hall–Kier alpha value is -1.60. The van der Waals surface area contributed by atoms with Crippen LogP contribution in [0.1, 0.15) is 39.6 Å². The number of nitrogens with zero attached hydrogens (tertiary/aromatic N) is 1.